The van der Waals surface area contributed by atoms with Crippen molar-refractivity contribution in [3.63, 3.8) is 0 Å². The molecule has 16 nitrogen and oxygen atoms in total. The summed E-state index contributed by atoms with van der Waals surface area (Å²) in [5.74, 6) is -0.657. The summed E-state index contributed by atoms with van der Waals surface area (Å²) in [6.45, 7) is 5.27. The standard InChI is InChI=1S/2C14H14N4O4.Co/c2*1-2-15-9-3-5-11(14(20)7-9)16-17-12-8-10(18(21)22)4-6-13(12)19;/h2*3-8,15,19-20H,2H2,1H3;. The van der Waals surface area contributed by atoms with E-state index >= 15 is 0 Å². The zero-order chi connectivity index (χ0) is 32.2. The summed E-state index contributed by atoms with van der Waals surface area (Å²) in [4.78, 5) is 20.2. The number of hydrogen-bond donors (Lipinski definition) is 6. The van der Waals surface area contributed by atoms with Crippen LogP contribution in [0.3, 0.4) is 0 Å². The van der Waals surface area contributed by atoms with Crippen molar-refractivity contribution in [1.82, 2.24) is 0 Å². The molecule has 0 amide bonds. The summed E-state index contributed by atoms with van der Waals surface area (Å²) >= 11 is 0. The molecule has 0 saturated carbocycles. The summed E-state index contributed by atoms with van der Waals surface area (Å²) in [5, 5.41) is 81.5. The summed E-state index contributed by atoms with van der Waals surface area (Å²) in [6.07, 6.45) is 0. The van der Waals surface area contributed by atoms with E-state index in [1.165, 1.54) is 24.3 Å². The van der Waals surface area contributed by atoms with Gasteiger partial charge in [0.2, 0.25) is 0 Å². The van der Waals surface area contributed by atoms with E-state index in [0.717, 1.165) is 35.6 Å². The van der Waals surface area contributed by atoms with Gasteiger partial charge in [0.05, 0.1) is 9.85 Å². The second-order valence-electron chi connectivity index (χ2n) is 8.73. The van der Waals surface area contributed by atoms with Crippen LogP contribution in [0.4, 0.5) is 45.5 Å². The van der Waals surface area contributed by atoms with Crippen LogP contribution in [0, 0.1) is 20.2 Å². The van der Waals surface area contributed by atoms with Crippen LogP contribution < -0.4 is 10.6 Å². The van der Waals surface area contributed by atoms with E-state index in [0.29, 0.717) is 13.1 Å². The van der Waals surface area contributed by atoms with Gasteiger partial charge in [0.1, 0.15) is 45.7 Å². The Kier molecular flexibility index (Phi) is 13.2. The number of phenolic OH excluding ortho intramolecular Hbond substituents is 4. The van der Waals surface area contributed by atoms with Gasteiger partial charge in [-0.2, -0.15) is 0 Å². The summed E-state index contributed by atoms with van der Waals surface area (Å²) < 4.78 is 0. The van der Waals surface area contributed by atoms with E-state index in [9.17, 15) is 40.7 Å². The maximum atomic E-state index is 10.7. The third kappa shape index (κ3) is 10.2. The van der Waals surface area contributed by atoms with Gasteiger partial charge in [-0.25, -0.2) is 0 Å². The SMILES string of the molecule is CCNc1ccc(N=Nc2cc([N+](=O)[O-])ccc2O)c(O)c1.CCNc1ccc(N=Nc2cc([N+](=O)[O-])ccc2O)c(O)c1.[Co]. The number of anilines is 2. The molecule has 0 bridgehead atoms. The van der Waals surface area contributed by atoms with Gasteiger partial charge >= 0.3 is 0 Å². The molecule has 45 heavy (non-hydrogen) atoms. The van der Waals surface area contributed by atoms with Crippen molar-refractivity contribution >= 4 is 45.5 Å². The van der Waals surface area contributed by atoms with E-state index in [1.54, 1.807) is 24.3 Å². The molecule has 0 aliphatic carbocycles. The van der Waals surface area contributed by atoms with Gasteiger partial charge in [-0.05, 0) is 50.2 Å². The number of azo groups is 2. The Morgan fingerprint density at radius 3 is 1.22 bits per heavy atom. The van der Waals surface area contributed by atoms with E-state index in [2.05, 4.69) is 31.1 Å². The number of phenols is 4. The Hall–Kier alpha value is -5.81. The fourth-order valence-electron chi connectivity index (χ4n) is 3.47. The molecule has 0 unspecified atom stereocenters. The van der Waals surface area contributed by atoms with E-state index in [1.807, 2.05) is 13.8 Å². The Balaban J connectivity index is 0.000000307. The second kappa shape index (κ2) is 16.7. The van der Waals surface area contributed by atoms with Crippen LogP contribution in [0.25, 0.3) is 0 Å². The number of nitro groups is 2. The summed E-state index contributed by atoms with van der Waals surface area (Å²) in [5.41, 5.74) is 1.32. The van der Waals surface area contributed by atoms with Crippen LogP contribution in [0.15, 0.2) is 93.3 Å². The first-order valence-electron chi connectivity index (χ1n) is 12.9. The number of nitrogens with one attached hydrogen (secondary N) is 2. The number of hydrogen-bond acceptors (Lipinski definition) is 14. The second-order valence-corrected chi connectivity index (χ2v) is 8.73. The van der Waals surface area contributed by atoms with Crippen LogP contribution in [0.5, 0.6) is 23.0 Å². The quantitative estimate of drug-likeness (QED) is 0.0548. The number of nitro benzene ring substituents is 2. The fraction of sp³-hybridized carbons (Fsp3) is 0.143. The van der Waals surface area contributed by atoms with Gasteiger partial charge in [-0.15, -0.1) is 20.5 Å². The van der Waals surface area contributed by atoms with Crippen molar-refractivity contribution < 1.29 is 47.1 Å². The van der Waals surface area contributed by atoms with Crippen molar-refractivity contribution in [3.05, 3.63) is 93.0 Å². The predicted octanol–water partition coefficient (Wildman–Crippen LogP) is 7.70. The van der Waals surface area contributed by atoms with Gasteiger partial charge in [0, 0.05) is 77.6 Å². The molecule has 4 rings (SSSR count). The fourth-order valence-corrected chi connectivity index (χ4v) is 3.47. The monoisotopic (exact) mass is 663 g/mol. The van der Waals surface area contributed by atoms with Crippen LogP contribution in [-0.2, 0) is 16.8 Å². The normalized spacial score (nSPS) is 10.5. The zero-order valence-electron chi connectivity index (χ0n) is 23.8. The van der Waals surface area contributed by atoms with Crippen molar-refractivity contribution in [1.29, 1.82) is 0 Å². The summed E-state index contributed by atoms with van der Waals surface area (Å²) in [7, 11) is 0. The first-order valence-corrected chi connectivity index (χ1v) is 12.9. The number of aromatic hydroxyl groups is 4. The van der Waals surface area contributed by atoms with Gasteiger partial charge in [0.15, 0.2) is 0 Å². The Bertz CT molecular complexity index is 1590. The third-order valence-electron chi connectivity index (χ3n) is 5.58. The first kappa shape index (κ1) is 35.4. The third-order valence-corrected chi connectivity index (χ3v) is 5.58. The summed E-state index contributed by atoms with van der Waals surface area (Å²) in [6, 6.07) is 16.4. The van der Waals surface area contributed by atoms with E-state index < -0.39 is 9.85 Å². The number of benzene rings is 4. The maximum absolute atomic E-state index is 10.7. The van der Waals surface area contributed by atoms with Crippen molar-refractivity contribution in [2.75, 3.05) is 23.7 Å². The Morgan fingerprint density at radius 2 is 0.911 bits per heavy atom. The molecule has 0 aliphatic rings. The van der Waals surface area contributed by atoms with Crippen LogP contribution >= 0.6 is 0 Å². The van der Waals surface area contributed by atoms with Crippen molar-refractivity contribution in [3.8, 4) is 23.0 Å². The minimum atomic E-state index is -0.596. The molecular weight excluding hydrogens is 635 g/mol. The molecule has 0 saturated heterocycles. The molecule has 237 valence electrons. The Morgan fingerprint density at radius 1 is 0.556 bits per heavy atom. The minimum Gasteiger partial charge on any atom is -0.506 e. The van der Waals surface area contributed by atoms with Gasteiger partial charge in [-0.1, -0.05) is 0 Å². The number of non-ortho nitro benzene ring substituents is 2. The Labute approximate surface area is 266 Å². The largest absolute Gasteiger partial charge is 0.506 e. The molecule has 0 fully saturated rings. The molecule has 0 atom stereocenters. The average molecular weight is 664 g/mol. The van der Waals surface area contributed by atoms with Gasteiger partial charge < -0.3 is 31.1 Å². The molecule has 0 spiro atoms. The number of nitrogens with zero attached hydrogens (tertiary/aromatic N) is 6. The molecule has 17 heteroatoms. The molecular formula is C28H28CoN8O8. The molecule has 0 aliphatic heterocycles. The van der Waals surface area contributed by atoms with Crippen molar-refractivity contribution in [2.24, 2.45) is 20.5 Å². The smallest absolute Gasteiger partial charge is 0.271 e. The van der Waals surface area contributed by atoms with Crippen molar-refractivity contribution in [2.45, 2.75) is 13.8 Å². The van der Waals surface area contributed by atoms with E-state index in [4.69, 9.17) is 0 Å². The first-order chi connectivity index (χ1) is 21.0. The van der Waals surface area contributed by atoms with Gasteiger partial charge in [-0.3, -0.25) is 20.2 Å². The molecule has 1 radical (unpaired) electrons. The molecule has 0 aromatic heterocycles. The molecule has 4 aromatic rings. The maximum Gasteiger partial charge on any atom is 0.271 e. The van der Waals surface area contributed by atoms with Crippen LogP contribution in [0.1, 0.15) is 13.8 Å². The van der Waals surface area contributed by atoms with E-state index in [-0.39, 0.29) is 73.9 Å². The predicted molar refractivity (Wildman–Crippen MR) is 162 cm³/mol. The molecule has 4 aromatic carbocycles. The average Bonchev–Trinajstić information content (AvgIpc) is 2.98. The number of rotatable bonds is 10. The zero-order valence-corrected chi connectivity index (χ0v) is 24.8. The minimum absolute atomic E-state index is 0. The molecule has 0 heterocycles. The topological polar surface area (TPSA) is 241 Å². The van der Waals surface area contributed by atoms with Gasteiger partial charge in [0.25, 0.3) is 11.4 Å². The van der Waals surface area contributed by atoms with Crippen LogP contribution in [0.2, 0.25) is 0 Å². The van der Waals surface area contributed by atoms with Crippen LogP contribution in [-0.4, -0.2) is 43.4 Å². The molecule has 6 N–H and O–H groups in total.